The number of terminal acetylenes is 1. The maximum Gasteiger partial charge on any atom is 0.262 e. The van der Waals surface area contributed by atoms with Gasteiger partial charge in [-0.15, -0.1) is 6.42 Å². The molecule has 0 aliphatic rings. The van der Waals surface area contributed by atoms with Gasteiger partial charge in [-0.3, -0.25) is 9.59 Å². The van der Waals surface area contributed by atoms with E-state index in [9.17, 15) is 9.59 Å². The average molecular weight is 534 g/mol. The first-order chi connectivity index (χ1) is 17.2. The Labute approximate surface area is 221 Å². The van der Waals surface area contributed by atoms with Crippen molar-refractivity contribution in [3.05, 3.63) is 52.0 Å². The summed E-state index contributed by atoms with van der Waals surface area (Å²) in [7, 11) is 1.51. The Bertz CT molecular complexity index is 1130. The van der Waals surface area contributed by atoms with E-state index >= 15 is 0 Å². The van der Waals surface area contributed by atoms with Gasteiger partial charge in [-0.05, 0) is 49.6 Å². The van der Waals surface area contributed by atoms with Gasteiger partial charge < -0.3 is 19.5 Å². The number of hydrogen-bond donors (Lipinski definition) is 2. The largest absolute Gasteiger partial charge is 0.493 e. The summed E-state index contributed by atoms with van der Waals surface area (Å²) in [4.78, 5) is 25.6. The number of rotatable bonds is 12. The van der Waals surface area contributed by atoms with E-state index in [1.165, 1.54) is 19.4 Å². The van der Waals surface area contributed by atoms with Gasteiger partial charge in [0.25, 0.3) is 11.8 Å². The maximum atomic E-state index is 12.9. The molecule has 0 aliphatic heterocycles. The number of benzene rings is 2. The van der Waals surface area contributed by atoms with Gasteiger partial charge in [-0.2, -0.15) is 5.10 Å². The molecular weight excluding hydrogens is 505 g/mol. The third-order valence-electron chi connectivity index (χ3n) is 4.81. The van der Waals surface area contributed by atoms with Crippen molar-refractivity contribution in [1.29, 1.82) is 0 Å². The molecule has 2 aromatic carbocycles. The minimum absolute atomic E-state index is 0.0392. The lowest BCUT2D eigenvalue weighted by Gasteiger charge is -2.22. The zero-order chi connectivity index (χ0) is 26.7. The van der Waals surface area contributed by atoms with Gasteiger partial charge in [0.1, 0.15) is 18.4 Å². The van der Waals surface area contributed by atoms with Crippen LogP contribution in [0.2, 0.25) is 10.0 Å². The van der Waals surface area contributed by atoms with E-state index in [4.69, 9.17) is 43.8 Å². The molecule has 2 N–H and O–H groups in total. The third-order valence-corrected chi connectivity index (χ3v) is 5.34. The first-order valence-corrected chi connectivity index (χ1v) is 11.9. The molecule has 2 amide bonds. The minimum Gasteiger partial charge on any atom is -0.493 e. The maximum absolute atomic E-state index is 12.9. The summed E-state index contributed by atoms with van der Waals surface area (Å²) in [5.41, 5.74) is 3.02. The molecule has 0 heterocycles. The molecule has 0 saturated carbocycles. The van der Waals surface area contributed by atoms with Crippen LogP contribution in [-0.4, -0.2) is 43.9 Å². The van der Waals surface area contributed by atoms with Gasteiger partial charge in [0.15, 0.2) is 17.6 Å². The van der Waals surface area contributed by atoms with Gasteiger partial charge in [0, 0.05) is 10.6 Å². The van der Waals surface area contributed by atoms with Crippen LogP contribution in [0.1, 0.15) is 32.8 Å². The van der Waals surface area contributed by atoms with Crippen molar-refractivity contribution in [2.45, 2.75) is 39.3 Å². The lowest BCUT2D eigenvalue weighted by molar-refractivity contribution is -0.132. The molecule has 0 saturated heterocycles. The summed E-state index contributed by atoms with van der Waals surface area (Å²) in [6, 6.07) is 9.05. The van der Waals surface area contributed by atoms with Gasteiger partial charge in [-0.1, -0.05) is 49.0 Å². The second-order valence-corrected chi connectivity index (χ2v) is 8.97. The summed E-state index contributed by atoms with van der Waals surface area (Å²) < 4.78 is 16.5. The molecule has 0 spiro atoms. The van der Waals surface area contributed by atoms with Crippen LogP contribution in [0, 0.1) is 18.3 Å². The Morgan fingerprint density at radius 2 is 1.89 bits per heavy atom. The van der Waals surface area contributed by atoms with Gasteiger partial charge in [0.05, 0.1) is 18.3 Å². The molecule has 10 heteroatoms. The third kappa shape index (κ3) is 8.67. The van der Waals surface area contributed by atoms with E-state index < -0.39 is 24.0 Å². The predicted octanol–water partition coefficient (Wildman–Crippen LogP) is 4.46. The fraction of sp³-hybridized carbons (Fsp3) is 0.346. The Morgan fingerprint density at radius 3 is 2.53 bits per heavy atom. The molecule has 0 aromatic heterocycles. The number of hydrazone groups is 1. The summed E-state index contributed by atoms with van der Waals surface area (Å²) in [6.45, 7) is 5.48. The summed E-state index contributed by atoms with van der Waals surface area (Å²) in [5, 5.41) is 7.47. The van der Waals surface area contributed by atoms with Crippen molar-refractivity contribution in [2.75, 3.05) is 13.7 Å². The lowest BCUT2D eigenvalue weighted by atomic mass is 10.0. The number of hydrogen-bond acceptors (Lipinski definition) is 6. The quantitative estimate of drug-likeness (QED) is 0.238. The average Bonchev–Trinajstić information content (AvgIpc) is 2.83. The molecule has 8 nitrogen and oxygen atoms in total. The lowest BCUT2D eigenvalue weighted by Crippen LogP contribution is -2.49. The Hall–Kier alpha value is -3.41. The molecule has 0 aliphatic carbocycles. The highest BCUT2D eigenvalue weighted by Crippen LogP contribution is 2.30. The van der Waals surface area contributed by atoms with Gasteiger partial charge >= 0.3 is 0 Å². The topological polar surface area (TPSA) is 98.2 Å². The fourth-order valence-corrected chi connectivity index (χ4v) is 3.57. The van der Waals surface area contributed by atoms with Gasteiger partial charge in [0.2, 0.25) is 0 Å². The van der Waals surface area contributed by atoms with E-state index in [1.54, 1.807) is 37.3 Å². The van der Waals surface area contributed by atoms with Crippen LogP contribution in [-0.2, 0) is 9.59 Å². The van der Waals surface area contributed by atoms with E-state index in [-0.39, 0.29) is 17.5 Å². The Balaban J connectivity index is 2.08. The second-order valence-electron chi connectivity index (χ2n) is 8.13. The fourth-order valence-electron chi connectivity index (χ4n) is 3.11. The zero-order valence-corrected chi connectivity index (χ0v) is 22.0. The van der Waals surface area contributed by atoms with Crippen molar-refractivity contribution < 1.29 is 23.8 Å². The first-order valence-electron chi connectivity index (χ1n) is 11.1. The number of methoxy groups -OCH3 is 1. The summed E-state index contributed by atoms with van der Waals surface area (Å²) in [5.74, 6) is 2.72. The number of amides is 2. The van der Waals surface area contributed by atoms with Crippen molar-refractivity contribution in [2.24, 2.45) is 11.0 Å². The van der Waals surface area contributed by atoms with E-state index in [0.717, 1.165) is 0 Å². The van der Waals surface area contributed by atoms with E-state index in [1.807, 2.05) is 13.8 Å². The molecule has 0 unspecified atom stereocenters. The van der Waals surface area contributed by atoms with Crippen LogP contribution in [0.3, 0.4) is 0 Å². The molecule has 2 atom stereocenters. The number of nitrogens with one attached hydrogen (secondary N) is 2. The van der Waals surface area contributed by atoms with Crippen LogP contribution in [0.4, 0.5) is 0 Å². The van der Waals surface area contributed by atoms with Crippen LogP contribution < -0.4 is 25.0 Å². The number of carbonyl (C=O) groups is 2. The van der Waals surface area contributed by atoms with Crippen molar-refractivity contribution in [3.63, 3.8) is 0 Å². The van der Waals surface area contributed by atoms with Crippen LogP contribution in [0.25, 0.3) is 0 Å². The number of carbonyl (C=O) groups excluding carboxylic acids is 2. The number of para-hydroxylation sites is 1. The second kappa shape index (κ2) is 14.2. The first kappa shape index (κ1) is 28.8. The normalized spacial score (nSPS) is 12.5. The SMILES string of the molecule is C#CCOc1c(/C=N\NC(=O)[C@H](CC(C)C)NC(=O)[C@@H](C)Oc2ccc(Cl)cc2Cl)cccc1OC. The molecular formula is C26H29Cl2N3O5. The van der Waals surface area contributed by atoms with E-state index in [0.29, 0.717) is 34.3 Å². The smallest absolute Gasteiger partial charge is 0.262 e. The van der Waals surface area contributed by atoms with Crippen LogP contribution in [0.5, 0.6) is 17.2 Å². The molecule has 0 radical (unpaired) electrons. The highest BCUT2D eigenvalue weighted by molar-refractivity contribution is 6.35. The van der Waals surface area contributed by atoms with Crippen LogP contribution >= 0.6 is 23.2 Å². The number of halogens is 2. The molecule has 192 valence electrons. The van der Waals surface area contributed by atoms with Crippen molar-refractivity contribution in [3.8, 4) is 29.6 Å². The highest BCUT2D eigenvalue weighted by Gasteiger charge is 2.25. The Morgan fingerprint density at radius 1 is 1.14 bits per heavy atom. The summed E-state index contributed by atoms with van der Waals surface area (Å²) >= 11 is 12.0. The molecule has 0 fully saturated rings. The highest BCUT2D eigenvalue weighted by atomic mass is 35.5. The molecule has 36 heavy (non-hydrogen) atoms. The Kier molecular flexibility index (Phi) is 11.4. The molecule has 2 rings (SSSR count). The number of ether oxygens (including phenoxy) is 3. The monoisotopic (exact) mass is 533 g/mol. The standard InChI is InChI=1S/C26H29Cl2N3O5/c1-6-12-35-24-18(8-7-9-23(24)34-5)15-29-31-26(33)21(13-16(2)3)30-25(32)17(4)36-22-11-10-19(27)14-20(22)28/h1,7-11,14-17,21H,12-13H2,2-5H3,(H,30,32)(H,31,33)/b29-15-/t17-,21+/m1/s1. The summed E-state index contributed by atoms with van der Waals surface area (Å²) in [6.07, 6.45) is 6.17. The van der Waals surface area contributed by atoms with Crippen molar-refractivity contribution >= 4 is 41.2 Å². The van der Waals surface area contributed by atoms with Gasteiger partial charge in [-0.25, -0.2) is 5.43 Å². The minimum atomic E-state index is -0.915. The molecule has 2 aromatic rings. The zero-order valence-electron chi connectivity index (χ0n) is 20.5. The van der Waals surface area contributed by atoms with Crippen LogP contribution in [0.15, 0.2) is 41.5 Å². The van der Waals surface area contributed by atoms with Crippen molar-refractivity contribution in [1.82, 2.24) is 10.7 Å². The van der Waals surface area contributed by atoms with E-state index in [2.05, 4.69) is 21.8 Å². The number of nitrogens with zero attached hydrogens (tertiary/aromatic N) is 1. The predicted molar refractivity (Wildman–Crippen MR) is 141 cm³/mol. The molecule has 0 bridgehead atoms.